The van der Waals surface area contributed by atoms with Gasteiger partial charge < -0.3 is 5.11 Å². The van der Waals surface area contributed by atoms with Gasteiger partial charge in [-0.15, -0.1) is 0 Å². The van der Waals surface area contributed by atoms with Crippen molar-refractivity contribution >= 4 is 17.8 Å². The van der Waals surface area contributed by atoms with E-state index < -0.39 is 17.4 Å². The van der Waals surface area contributed by atoms with Gasteiger partial charge in [0, 0.05) is 6.42 Å². The largest absolute Gasteiger partial charge is 0.480 e. The molecule has 0 radical (unpaired) electrons. The third-order valence-electron chi connectivity index (χ3n) is 4.65. The molecule has 2 rings (SSSR count). The molecule has 5 heteroatoms. The van der Waals surface area contributed by atoms with Gasteiger partial charge in [0.05, 0.1) is 5.41 Å². The van der Waals surface area contributed by atoms with E-state index >= 15 is 0 Å². The number of hydrogen-bond donors (Lipinski definition) is 1. The first kappa shape index (κ1) is 15.0. The second-order valence-corrected chi connectivity index (χ2v) is 6.08. The third kappa shape index (κ3) is 2.58. The Balaban J connectivity index is 2.25. The van der Waals surface area contributed by atoms with Gasteiger partial charge in [0.1, 0.15) is 6.04 Å². The van der Waals surface area contributed by atoms with E-state index in [4.69, 9.17) is 0 Å². The zero-order valence-electron chi connectivity index (χ0n) is 12.1. The summed E-state index contributed by atoms with van der Waals surface area (Å²) in [7, 11) is 0. The van der Waals surface area contributed by atoms with Gasteiger partial charge in [-0.05, 0) is 19.3 Å². The normalized spacial score (nSPS) is 23.9. The average molecular weight is 281 g/mol. The van der Waals surface area contributed by atoms with Crippen molar-refractivity contribution in [2.24, 2.45) is 5.41 Å². The molecule has 0 aromatic rings. The van der Waals surface area contributed by atoms with Crippen LogP contribution in [-0.2, 0) is 14.4 Å². The SMILES string of the molecule is CCCC(C(=O)O)N1C(=O)CC2(CCCCCC2)C1=O. The van der Waals surface area contributed by atoms with Gasteiger partial charge in [-0.25, -0.2) is 4.79 Å². The Kier molecular flexibility index (Phi) is 4.45. The van der Waals surface area contributed by atoms with E-state index in [1.807, 2.05) is 6.92 Å². The first-order valence-corrected chi connectivity index (χ1v) is 7.61. The highest BCUT2D eigenvalue weighted by Gasteiger charge is 2.53. The van der Waals surface area contributed by atoms with Crippen LogP contribution in [-0.4, -0.2) is 33.8 Å². The predicted molar refractivity (Wildman–Crippen MR) is 72.9 cm³/mol. The maximum Gasteiger partial charge on any atom is 0.326 e. The molecule has 1 heterocycles. The number of carbonyl (C=O) groups excluding carboxylic acids is 2. The van der Waals surface area contributed by atoms with Crippen molar-refractivity contribution in [2.45, 2.75) is 70.8 Å². The molecule has 2 amide bonds. The van der Waals surface area contributed by atoms with Crippen LogP contribution in [0.2, 0.25) is 0 Å². The smallest absolute Gasteiger partial charge is 0.326 e. The van der Waals surface area contributed by atoms with Crippen molar-refractivity contribution < 1.29 is 19.5 Å². The van der Waals surface area contributed by atoms with E-state index in [1.165, 1.54) is 0 Å². The number of carboxylic acids is 1. The van der Waals surface area contributed by atoms with Gasteiger partial charge in [-0.2, -0.15) is 0 Å². The second-order valence-electron chi connectivity index (χ2n) is 6.08. The molecule has 1 spiro atoms. The molecular formula is C15H23NO4. The van der Waals surface area contributed by atoms with Crippen molar-refractivity contribution in [1.82, 2.24) is 4.90 Å². The highest BCUT2D eigenvalue weighted by atomic mass is 16.4. The van der Waals surface area contributed by atoms with Crippen molar-refractivity contribution in [3.8, 4) is 0 Å². The molecule has 5 nitrogen and oxygen atoms in total. The van der Waals surface area contributed by atoms with Gasteiger partial charge in [-0.1, -0.05) is 39.0 Å². The van der Waals surface area contributed by atoms with Crippen LogP contribution >= 0.6 is 0 Å². The summed E-state index contributed by atoms with van der Waals surface area (Å²) in [5, 5.41) is 9.30. The maximum absolute atomic E-state index is 12.7. The van der Waals surface area contributed by atoms with Crippen LogP contribution in [0.15, 0.2) is 0 Å². The summed E-state index contributed by atoms with van der Waals surface area (Å²) in [6, 6.07) is -0.984. The van der Waals surface area contributed by atoms with Crippen molar-refractivity contribution in [2.75, 3.05) is 0 Å². The topological polar surface area (TPSA) is 74.7 Å². The first-order valence-electron chi connectivity index (χ1n) is 7.61. The summed E-state index contributed by atoms with van der Waals surface area (Å²) >= 11 is 0. The number of amides is 2. The van der Waals surface area contributed by atoms with E-state index in [1.54, 1.807) is 0 Å². The molecule has 2 fully saturated rings. The van der Waals surface area contributed by atoms with E-state index in [-0.39, 0.29) is 18.2 Å². The number of rotatable bonds is 4. The van der Waals surface area contributed by atoms with Gasteiger partial charge >= 0.3 is 5.97 Å². The Morgan fingerprint density at radius 3 is 2.35 bits per heavy atom. The molecule has 0 aromatic carbocycles. The number of imide groups is 1. The van der Waals surface area contributed by atoms with Crippen LogP contribution in [0.1, 0.15) is 64.7 Å². The zero-order valence-corrected chi connectivity index (χ0v) is 12.1. The number of carboxylic acid groups (broad SMARTS) is 1. The number of carbonyl (C=O) groups is 3. The second kappa shape index (κ2) is 5.94. The van der Waals surface area contributed by atoms with E-state index in [2.05, 4.69) is 0 Å². The van der Waals surface area contributed by atoms with E-state index in [0.717, 1.165) is 43.4 Å². The third-order valence-corrected chi connectivity index (χ3v) is 4.65. The average Bonchev–Trinajstić information content (AvgIpc) is 2.58. The molecule has 112 valence electrons. The van der Waals surface area contributed by atoms with Crippen LogP contribution in [0.25, 0.3) is 0 Å². The van der Waals surface area contributed by atoms with Gasteiger partial charge in [-0.3, -0.25) is 14.5 Å². The summed E-state index contributed by atoms with van der Waals surface area (Å²) in [4.78, 5) is 37.4. The van der Waals surface area contributed by atoms with Crippen LogP contribution in [0, 0.1) is 5.41 Å². The standard InChI is InChI=1S/C15H23NO4/c1-2-7-11(13(18)19)16-12(17)10-15(14(16)20)8-5-3-4-6-9-15/h11H,2-10H2,1H3,(H,18,19). The Bertz CT molecular complexity index is 410. The molecule has 1 unspecified atom stereocenters. The fraction of sp³-hybridized carbons (Fsp3) is 0.800. The summed E-state index contributed by atoms with van der Waals surface area (Å²) in [6.45, 7) is 1.86. The van der Waals surface area contributed by atoms with Crippen LogP contribution in [0.4, 0.5) is 0 Å². The minimum Gasteiger partial charge on any atom is -0.480 e. The summed E-state index contributed by atoms with van der Waals surface area (Å²) in [5.41, 5.74) is -0.602. The maximum atomic E-state index is 12.7. The van der Waals surface area contributed by atoms with Gasteiger partial charge in [0.2, 0.25) is 11.8 Å². The number of aliphatic carboxylic acids is 1. The molecule has 2 aliphatic rings. The lowest BCUT2D eigenvalue weighted by molar-refractivity contribution is -0.156. The molecule has 1 N–H and O–H groups in total. The summed E-state index contributed by atoms with van der Waals surface area (Å²) in [6.07, 6.45) is 6.75. The molecule has 1 aliphatic heterocycles. The minimum atomic E-state index is -1.07. The predicted octanol–water partition coefficient (Wildman–Crippen LogP) is 2.34. The zero-order chi connectivity index (χ0) is 14.8. The Morgan fingerprint density at radius 1 is 1.25 bits per heavy atom. The Morgan fingerprint density at radius 2 is 1.85 bits per heavy atom. The number of nitrogens with zero attached hydrogens (tertiary/aromatic N) is 1. The molecule has 0 bridgehead atoms. The van der Waals surface area contributed by atoms with Crippen molar-refractivity contribution in [1.29, 1.82) is 0 Å². The lowest BCUT2D eigenvalue weighted by Gasteiger charge is -2.27. The molecule has 1 saturated carbocycles. The Hall–Kier alpha value is -1.39. The molecular weight excluding hydrogens is 258 g/mol. The lowest BCUT2D eigenvalue weighted by Crippen LogP contribution is -2.46. The molecule has 1 aliphatic carbocycles. The van der Waals surface area contributed by atoms with Gasteiger partial charge in [0.25, 0.3) is 0 Å². The number of likely N-dealkylation sites (tertiary alicyclic amines) is 1. The fourth-order valence-electron chi connectivity index (χ4n) is 3.57. The summed E-state index contributed by atoms with van der Waals surface area (Å²) < 4.78 is 0. The number of hydrogen-bond acceptors (Lipinski definition) is 3. The molecule has 1 saturated heterocycles. The fourth-order valence-corrected chi connectivity index (χ4v) is 3.57. The summed E-state index contributed by atoms with van der Waals surface area (Å²) in [5.74, 6) is -1.60. The van der Waals surface area contributed by atoms with Crippen molar-refractivity contribution in [3.05, 3.63) is 0 Å². The quantitative estimate of drug-likeness (QED) is 0.803. The van der Waals surface area contributed by atoms with E-state index in [9.17, 15) is 19.5 Å². The van der Waals surface area contributed by atoms with Crippen LogP contribution in [0.5, 0.6) is 0 Å². The Labute approximate surface area is 119 Å². The van der Waals surface area contributed by atoms with Crippen LogP contribution < -0.4 is 0 Å². The van der Waals surface area contributed by atoms with Crippen LogP contribution in [0.3, 0.4) is 0 Å². The van der Waals surface area contributed by atoms with Gasteiger partial charge in [0.15, 0.2) is 0 Å². The van der Waals surface area contributed by atoms with Crippen molar-refractivity contribution in [3.63, 3.8) is 0 Å². The molecule has 20 heavy (non-hydrogen) atoms. The molecule has 0 aromatic heterocycles. The first-order chi connectivity index (χ1) is 9.52. The molecule has 1 atom stereocenters. The monoisotopic (exact) mass is 281 g/mol. The highest BCUT2D eigenvalue weighted by Crippen LogP contribution is 2.45. The minimum absolute atomic E-state index is 0.208. The van der Waals surface area contributed by atoms with E-state index in [0.29, 0.717) is 12.8 Å². The highest BCUT2D eigenvalue weighted by molar-refractivity contribution is 6.08. The lowest BCUT2D eigenvalue weighted by atomic mass is 9.79.